The van der Waals surface area contributed by atoms with Crippen molar-refractivity contribution < 1.29 is 14.4 Å². The van der Waals surface area contributed by atoms with Crippen molar-refractivity contribution in [3.8, 4) is 0 Å². The van der Waals surface area contributed by atoms with Crippen molar-refractivity contribution in [1.82, 2.24) is 0 Å². The first-order valence-electron chi connectivity index (χ1n) is 4.67. The summed E-state index contributed by atoms with van der Waals surface area (Å²) >= 11 is 0. The second-order valence-electron chi connectivity index (χ2n) is 3.24. The van der Waals surface area contributed by atoms with Crippen LogP contribution in [0.4, 0.5) is 0 Å². The molecule has 0 fully saturated rings. The van der Waals surface area contributed by atoms with Gasteiger partial charge in [0, 0.05) is 12.3 Å². The van der Waals surface area contributed by atoms with Crippen molar-refractivity contribution >= 4 is 11.8 Å². The summed E-state index contributed by atoms with van der Waals surface area (Å²) in [4.78, 5) is 25.7. The third-order valence-electron chi connectivity index (χ3n) is 2.09. The van der Waals surface area contributed by atoms with Crippen LogP contribution in [0.25, 0.3) is 0 Å². The first-order chi connectivity index (χ1) is 6.61. The molecule has 0 saturated carbocycles. The van der Waals surface area contributed by atoms with Crippen molar-refractivity contribution in [2.24, 2.45) is 11.8 Å². The number of ketones is 1. The van der Waals surface area contributed by atoms with E-state index in [1.165, 1.54) is 6.08 Å². The maximum atomic E-state index is 11.1. The van der Waals surface area contributed by atoms with E-state index in [9.17, 15) is 9.59 Å². The second-order valence-corrected chi connectivity index (χ2v) is 3.24. The van der Waals surface area contributed by atoms with Gasteiger partial charge >= 0.3 is 5.97 Å². The van der Waals surface area contributed by atoms with Gasteiger partial charge in [-0.25, -0.2) is 0 Å². The zero-order chi connectivity index (χ0) is 11.0. The Morgan fingerprint density at radius 1 is 1.50 bits per heavy atom. The summed E-state index contributed by atoms with van der Waals surface area (Å²) in [6.07, 6.45) is 3.92. The Morgan fingerprint density at radius 2 is 2.14 bits per heavy atom. The summed E-state index contributed by atoms with van der Waals surface area (Å²) in [6.45, 7) is 5.26. The van der Waals surface area contributed by atoms with Crippen molar-refractivity contribution in [3.63, 3.8) is 0 Å². The molecule has 0 radical (unpaired) electrons. The van der Waals surface area contributed by atoms with E-state index in [0.717, 1.165) is 12.8 Å². The van der Waals surface area contributed by atoms with Gasteiger partial charge in [-0.2, -0.15) is 5.90 Å². The molecular formula is C10H17NO3. The summed E-state index contributed by atoms with van der Waals surface area (Å²) < 4.78 is 0. The molecule has 4 heteroatoms. The Morgan fingerprint density at radius 3 is 2.64 bits per heavy atom. The lowest BCUT2D eigenvalue weighted by molar-refractivity contribution is -0.144. The molecule has 0 bridgehead atoms. The molecule has 0 aromatic rings. The van der Waals surface area contributed by atoms with Crippen molar-refractivity contribution in [2.45, 2.75) is 32.6 Å². The normalized spacial score (nSPS) is 11.9. The van der Waals surface area contributed by atoms with E-state index >= 15 is 0 Å². The number of hydrogen-bond donors (Lipinski definition) is 1. The highest BCUT2D eigenvalue weighted by molar-refractivity contribution is 5.90. The number of carbonyl (C=O) groups is 2. The Balaban J connectivity index is 3.49. The molecule has 2 N–H and O–H groups in total. The maximum Gasteiger partial charge on any atom is 0.324 e. The molecule has 0 aliphatic heterocycles. The highest BCUT2D eigenvalue weighted by Crippen LogP contribution is 2.10. The zero-order valence-electron chi connectivity index (χ0n) is 8.49. The number of unbranched alkanes of at least 4 members (excludes halogenated alkanes) is 1. The molecule has 0 aromatic carbocycles. The van der Waals surface area contributed by atoms with Gasteiger partial charge in [0.25, 0.3) is 0 Å². The van der Waals surface area contributed by atoms with E-state index in [2.05, 4.69) is 17.3 Å². The first kappa shape index (κ1) is 12.8. The van der Waals surface area contributed by atoms with Crippen LogP contribution in [0.2, 0.25) is 0 Å². The van der Waals surface area contributed by atoms with E-state index in [1.807, 2.05) is 6.92 Å². The Bertz CT molecular complexity index is 213. The third-order valence-corrected chi connectivity index (χ3v) is 2.09. The summed E-state index contributed by atoms with van der Waals surface area (Å²) in [5.41, 5.74) is 0. The van der Waals surface area contributed by atoms with Gasteiger partial charge in [0.1, 0.15) is 0 Å². The number of hydrogen-bond acceptors (Lipinski definition) is 4. The average Bonchev–Trinajstić information content (AvgIpc) is 2.22. The van der Waals surface area contributed by atoms with Gasteiger partial charge in [-0.1, -0.05) is 19.9 Å². The summed E-state index contributed by atoms with van der Waals surface area (Å²) in [5, 5.41) is 0. The molecule has 1 atom stereocenters. The minimum atomic E-state index is -0.410. The van der Waals surface area contributed by atoms with E-state index < -0.39 is 5.97 Å². The van der Waals surface area contributed by atoms with Crippen molar-refractivity contribution in [2.75, 3.05) is 0 Å². The molecule has 1 unspecified atom stereocenters. The van der Waals surface area contributed by atoms with Crippen LogP contribution in [0.5, 0.6) is 0 Å². The lowest BCUT2D eigenvalue weighted by atomic mass is 9.99. The van der Waals surface area contributed by atoms with Crippen LogP contribution in [0.1, 0.15) is 32.6 Å². The lowest BCUT2D eigenvalue weighted by Gasteiger charge is -2.06. The topological polar surface area (TPSA) is 69.4 Å². The number of allylic oxidation sites excluding steroid dienone is 1. The molecule has 0 spiro atoms. The summed E-state index contributed by atoms with van der Waals surface area (Å²) in [5.74, 6) is 4.29. The van der Waals surface area contributed by atoms with E-state index in [1.54, 1.807) is 0 Å². The van der Waals surface area contributed by atoms with Gasteiger partial charge in [0.05, 0.1) is 0 Å². The fourth-order valence-electron chi connectivity index (χ4n) is 1.12. The maximum absolute atomic E-state index is 11.1. The van der Waals surface area contributed by atoms with Gasteiger partial charge < -0.3 is 4.84 Å². The largest absolute Gasteiger partial charge is 0.373 e. The predicted molar refractivity (Wildman–Crippen MR) is 53.1 cm³/mol. The fourth-order valence-corrected chi connectivity index (χ4v) is 1.12. The molecule has 0 aliphatic carbocycles. The molecule has 14 heavy (non-hydrogen) atoms. The molecular weight excluding hydrogens is 182 g/mol. The van der Waals surface area contributed by atoms with Crippen LogP contribution in [-0.2, 0) is 14.4 Å². The highest BCUT2D eigenvalue weighted by Gasteiger charge is 2.09. The van der Waals surface area contributed by atoms with Crippen LogP contribution in [0.3, 0.4) is 0 Å². The van der Waals surface area contributed by atoms with Crippen LogP contribution < -0.4 is 5.90 Å². The Hall–Kier alpha value is -1.16. The quantitative estimate of drug-likeness (QED) is 0.382. The van der Waals surface area contributed by atoms with E-state index in [0.29, 0.717) is 12.8 Å². The smallest absolute Gasteiger partial charge is 0.324 e. The minimum absolute atomic E-state index is 0.0126. The van der Waals surface area contributed by atoms with E-state index in [-0.39, 0.29) is 11.7 Å². The van der Waals surface area contributed by atoms with Crippen LogP contribution in [0, 0.1) is 5.92 Å². The van der Waals surface area contributed by atoms with Gasteiger partial charge in [-0.3, -0.25) is 9.59 Å². The van der Waals surface area contributed by atoms with Crippen LogP contribution in [0.15, 0.2) is 12.7 Å². The SMILES string of the molecule is C=CC(=O)C(C)CCCCC(=O)ON. The first-order valence-corrected chi connectivity index (χ1v) is 4.67. The highest BCUT2D eigenvalue weighted by atomic mass is 16.7. The van der Waals surface area contributed by atoms with Crippen molar-refractivity contribution in [3.05, 3.63) is 12.7 Å². The number of nitrogens with two attached hydrogens (primary N) is 1. The van der Waals surface area contributed by atoms with Crippen LogP contribution in [-0.4, -0.2) is 11.8 Å². The van der Waals surface area contributed by atoms with Gasteiger partial charge in [-0.05, 0) is 18.9 Å². The third kappa shape index (κ3) is 5.48. The second kappa shape index (κ2) is 7.26. The summed E-state index contributed by atoms with van der Waals surface area (Å²) in [6, 6.07) is 0. The predicted octanol–water partition coefficient (Wildman–Crippen LogP) is 1.35. The van der Waals surface area contributed by atoms with E-state index in [4.69, 9.17) is 0 Å². The Kier molecular flexibility index (Phi) is 6.66. The Labute approximate surface area is 84.1 Å². The number of rotatable bonds is 7. The summed E-state index contributed by atoms with van der Waals surface area (Å²) in [7, 11) is 0. The lowest BCUT2D eigenvalue weighted by Crippen LogP contribution is -2.10. The molecule has 0 heterocycles. The number of carbonyl (C=O) groups excluding carboxylic acids is 2. The average molecular weight is 199 g/mol. The molecule has 4 nitrogen and oxygen atoms in total. The molecule has 80 valence electrons. The molecule has 0 rings (SSSR count). The zero-order valence-corrected chi connectivity index (χ0v) is 8.49. The van der Waals surface area contributed by atoms with Gasteiger partial charge in [0.2, 0.25) is 0 Å². The molecule has 0 amide bonds. The van der Waals surface area contributed by atoms with Crippen molar-refractivity contribution in [1.29, 1.82) is 0 Å². The van der Waals surface area contributed by atoms with Crippen LogP contribution >= 0.6 is 0 Å². The standard InChI is InChI=1S/C10H17NO3/c1-3-9(12)8(2)6-4-5-7-10(13)14-11/h3,8H,1,4-7,11H2,2H3. The van der Waals surface area contributed by atoms with Gasteiger partial charge in [0.15, 0.2) is 5.78 Å². The van der Waals surface area contributed by atoms with Gasteiger partial charge in [-0.15, -0.1) is 0 Å². The molecule has 0 saturated heterocycles. The minimum Gasteiger partial charge on any atom is -0.373 e. The fraction of sp³-hybridized carbons (Fsp3) is 0.600. The monoisotopic (exact) mass is 199 g/mol. The molecule has 0 aromatic heterocycles. The molecule has 0 aliphatic rings.